The zero-order valence-electron chi connectivity index (χ0n) is 11.2. The van der Waals surface area contributed by atoms with Crippen LogP contribution in [0, 0.1) is 0 Å². The van der Waals surface area contributed by atoms with Crippen LogP contribution in [0.3, 0.4) is 0 Å². The van der Waals surface area contributed by atoms with E-state index in [4.69, 9.17) is 4.74 Å². The van der Waals surface area contributed by atoms with Crippen molar-refractivity contribution in [2.45, 2.75) is 6.61 Å². The highest BCUT2D eigenvalue weighted by atomic mass is 16.5. The molecule has 0 atom stereocenters. The van der Waals surface area contributed by atoms with Crippen LogP contribution in [-0.2, 0) is 16.1 Å². The number of benzene rings is 2. The minimum absolute atomic E-state index is 0.264. The van der Waals surface area contributed by atoms with Gasteiger partial charge in [0.15, 0.2) is 0 Å². The van der Waals surface area contributed by atoms with Crippen molar-refractivity contribution >= 4 is 12.0 Å². The summed E-state index contributed by atoms with van der Waals surface area (Å²) in [5.74, 6) is -0.408. The van der Waals surface area contributed by atoms with Gasteiger partial charge in [0.2, 0.25) is 0 Å². The fraction of sp³-hybridized carbons (Fsp3) is 0.0556. The van der Waals surface area contributed by atoms with E-state index >= 15 is 0 Å². The fourth-order valence-corrected chi connectivity index (χ4v) is 1.82. The van der Waals surface area contributed by atoms with E-state index in [1.54, 1.807) is 0 Å². The van der Waals surface area contributed by atoms with E-state index in [1.165, 1.54) is 0 Å². The molecule has 20 heavy (non-hydrogen) atoms. The standard InChI is InChI=1S/C18H16O2/c1-3-14-5-9-16(10-6-14)17-11-7-15(8-12-17)13-20-18(19)4-2/h3-12H,1-2,13H2. The SMILES string of the molecule is C=CC(=O)OCc1ccc(-c2ccc(C=C)cc2)cc1. The second-order valence-electron chi connectivity index (χ2n) is 4.33. The van der Waals surface area contributed by atoms with Crippen LogP contribution in [0.15, 0.2) is 67.8 Å². The summed E-state index contributed by atoms with van der Waals surface area (Å²) in [4.78, 5) is 11.0. The van der Waals surface area contributed by atoms with Gasteiger partial charge in [-0.15, -0.1) is 0 Å². The van der Waals surface area contributed by atoms with Gasteiger partial charge < -0.3 is 4.74 Å². The molecule has 0 heterocycles. The summed E-state index contributed by atoms with van der Waals surface area (Å²) in [6.07, 6.45) is 2.98. The molecule has 0 saturated heterocycles. The number of rotatable bonds is 5. The highest BCUT2D eigenvalue weighted by Gasteiger charge is 2.00. The third kappa shape index (κ3) is 3.45. The summed E-state index contributed by atoms with van der Waals surface area (Å²) in [5.41, 5.74) is 4.32. The summed E-state index contributed by atoms with van der Waals surface area (Å²) in [6.45, 7) is 7.36. The number of esters is 1. The minimum Gasteiger partial charge on any atom is -0.458 e. The molecule has 0 aliphatic rings. The van der Waals surface area contributed by atoms with Gasteiger partial charge in [0, 0.05) is 6.08 Å². The lowest BCUT2D eigenvalue weighted by Crippen LogP contribution is -1.99. The molecule has 2 aromatic carbocycles. The molecule has 0 aromatic heterocycles. The topological polar surface area (TPSA) is 26.3 Å². The smallest absolute Gasteiger partial charge is 0.330 e. The Hall–Kier alpha value is -2.61. The van der Waals surface area contributed by atoms with Gasteiger partial charge in [-0.05, 0) is 22.3 Å². The molecule has 100 valence electrons. The molecule has 2 nitrogen and oxygen atoms in total. The van der Waals surface area contributed by atoms with Gasteiger partial charge in [-0.25, -0.2) is 4.79 Å². The summed E-state index contributed by atoms with van der Waals surface area (Å²) in [6, 6.07) is 16.1. The molecule has 0 fully saturated rings. The first-order valence-corrected chi connectivity index (χ1v) is 6.34. The zero-order valence-corrected chi connectivity index (χ0v) is 11.2. The van der Waals surface area contributed by atoms with Crippen molar-refractivity contribution in [2.75, 3.05) is 0 Å². The molecule has 0 aliphatic heterocycles. The van der Waals surface area contributed by atoms with Gasteiger partial charge in [0.25, 0.3) is 0 Å². The van der Waals surface area contributed by atoms with E-state index < -0.39 is 5.97 Å². The van der Waals surface area contributed by atoms with Gasteiger partial charge in [-0.3, -0.25) is 0 Å². The van der Waals surface area contributed by atoms with E-state index in [9.17, 15) is 4.79 Å². The second kappa shape index (κ2) is 6.53. The monoisotopic (exact) mass is 264 g/mol. The van der Waals surface area contributed by atoms with Crippen LogP contribution in [0.4, 0.5) is 0 Å². The predicted molar refractivity (Wildman–Crippen MR) is 82.0 cm³/mol. The average molecular weight is 264 g/mol. The Kier molecular flexibility index (Phi) is 4.51. The molecule has 0 aliphatic carbocycles. The number of hydrogen-bond donors (Lipinski definition) is 0. The predicted octanol–water partition coefficient (Wildman–Crippen LogP) is 4.23. The van der Waals surface area contributed by atoms with Crippen LogP contribution >= 0.6 is 0 Å². The summed E-state index contributed by atoms with van der Waals surface area (Å²) in [5, 5.41) is 0. The lowest BCUT2D eigenvalue weighted by Gasteiger charge is -2.05. The Bertz CT molecular complexity index is 607. The largest absolute Gasteiger partial charge is 0.458 e. The molecule has 2 aromatic rings. The van der Waals surface area contributed by atoms with Crippen LogP contribution in [0.2, 0.25) is 0 Å². The zero-order chi connectivity index (χ0) is 14.4. The number of carbonyl (C=O) groups excluding carboxylic acids is 1. The molecule has 0 spiro atoms. The molecule has 0 amide bonds. The van der Waals surface area contributed by atoms with Crippen LogP contribution in [-0.4, -0.2) is 5.97 Å². The van der Waals surface area contributed by atoms with Gasteiger partial charge in [-0.1, -0.05) is 67.8 Å². The first-order chi connectivity index (χ1) is 9.72. The highest BCUT2D eigenvalue weighted by molar-refractivity contribution is 5.81. The van der Waals surface area contributed by atoms with Crippen molar-refractivity contribution < 1.29 is 9.53 Å². The minimum atomic E-state index is -0.408. The first-order valence-electron chi connectivity index (χ1n) is 6.34. The van der Waals surface area contributed by atoms with Crippen molar-refractivity contribution in [1.29, 1.82) is 0 Å². The quantitative estimate of drug-likeness (QED) is 0.597. The molecular weight excluding hydrogens is 248 g/mol. The number of ether oxygens (including phenoxy) is 1. The molecule has 0 saturated carbocycles. The Morgan fingerprint density at radius 2 is 1.50 bits per heavy atom. The maximum Gasteiger partial charge on any atom is 0.330 e. The fourth-order valence-electron chi connectivity index (χ4n) is 1.82. The van der Waals surface area contributed by atoms with Crippen LogP contribution in [0.1, 0.15) is 11.1 Å². The first kappa shape index (κ1) is 13.8. The van der Waals surface area contributed by atoms with E-state index in [2.05, 4.69) is 25.3 Å². The van der Waals surface area contributed by atoms with Gasteiger partial charge in [0.1, 0.15) is 6.61 Å². The molecule has 2 rings (SSSR count). The lowest BCUT2D eigenvalue weighted by molar-refractivity contribution is -0.138. The van der Waals surface area contributed by atoms with Gasteiger partial charge in [-0.2, -0.15) is 0 Å². The maximum atomic E-state index is 11.0. The van der Waals surface area contributed by atoms with Crippen LogP contribution < -0.4 is 0 Å². The average Bonchev–Trinajstić information content (AvgIpc) is 2.53. The lowest BCUT2D eigenvalue weighted by atomic mass is 10.0. The molecule has 0 radical (unpaired) electrons. The number of hydrogen-bond acceptors (Lipinski definition) is 2. The van der Waals surface area contributed by atoms with Gasteiger partial charge >= 0.3 is 5.97 Å². The molecule has 2 heteroatoms. The van der Waals surface area contributed by atoms with Crippen LogP contribution in [0.25, 0.3) is 17.2 Å². The molecule has 0 N–H and O–H groups in total. The third-order valence-electron chi connectivity index (χ3n) is 2.98. The van der Waals surface area contributed by atoms with Crippen molar-refractivity contribution in [3.05, 3.63) is 78.9 Å². The van der Waals surface area contributed by atoms with Crippen molar-refractivity contribution in [3.63, 3.8) is 0 Å². The number of carbonyl (C=O) groups is 1. The van der Waals surface area contributed by atoms with Crippen molar-refractivity contribution in [3.8, 4) is 11.1 Å². The summed E-state index contributed by atoms with van der Waals surface area (Å²) in [7, 11) is 0. The van der Waals surface area contributed by atoms with Gasteiger partial charge in [0.05, 0.1) is 0 Å². The van der Waals surface area contributed by atoms with Crippen LogP contribution in [0.5, 0.6) is 0 Å². The van der Waals surface area contributed by atoms with E-state index in [-0.39, 0.29) is 6.61 Å². The molecule has 0 unspecified atom stereocenters. The Morgan fingerprint density at radius 3 is 2.00 bits per heavy atom. The van der Waals surface area contributed by atoms with Crippen molar-refractivity contribution in [1.82, 2.24) is 0 Å². The Labute approximate surface area is 119 Å². The molecule has 0 bridgehead atoms. The molecular formula is C18H16O2. The summed E-state index contributed by atoms with van der Waals surface area (Å²) >= 11 is 0. The maximum absolute atomic E-state index is 11.0. The second-order valence-corrected chi connectivity index (χ2v) is 4.33. The summed E-state index contributed by atoms with van der Waals surface area (Å²) < 4.78 is 4.99. The third-order valence-corrected chi connectivity index (χ3v) is 2.98. The highest BCUT2D eigenvalue weighted by Crippen LogP contribution is 2.21. The van der Waals surface area contributed by atoms with E-state index in [1.807, 2.05) is 42.5 Å². The Balaban J connectivity index is 2.08. The van der Waals surface area contributed by atoms with Crippen molar-refractivity contribution in [2.24, 2.45) is 0 Å². The normalized spacial score (nSPS) is 9.80. The van der Waals surface area contributed by atoms with E-state index in [0.29, 0.717) is 0 Å². The Morgan fingerprint density at radius 1 is 0.950 bits per heavy atom. The van der Waals surface area contributed by atoms with E-state index in [0.717, 1.165) is 28.3 Å².